The Morgan fingerprint density at radius 3 is 2.43 bits per heavy atom. The number of amides is 2. The van der Waals surface area contributed by atoms with Crippen molar-refractivity contribution in [2.24, 2.45) is 0 Å². The highest BCUT2D eigenvalue weighted by Gasteiger charge is 2.52. The lowest BCUT2D eigenvalue weighted by molar-refractivity contribution is -0.162. The van der Waals surface area contributed by atoms with Crippen LogP contribution in [0.1, 0.15) is 40.5 Å². The number of aromatic nitrogens is 2. The van der Waals surface area contributed by atoms with E-state index in [-0.39, 0.29) is 11.8 Å². The van der Waals surface area contributed by atoms with E-state index in [4.69, 9.17) is 0 Å². The first-order valence-electron chi connectivity index (χ1n) is 7.49. The Labute approximate surface area is 125 Å². The van der Waals surface area contributed by atoms with Crippen LogP contribution >= 0.6 is 0 Å². The average molecular weight is 292 g/mol. The van der Waals surface area contributed by atoms with Crippen LogP contribution < -0.4 is 5.32 Å². The average Bonchev–Trinajstić information content (AvgIpc) is 2.98. The second kappa shape index (κ2) is 5.50. The molecule has 0 aliphatic carbocycles. The SMILES string of the molecule is CCC1(C)NC(=O)C(C)(CC)N(CCn2cccn2)C1=O. The molecule has 2 unspecified atom stereocenters. The molecule has 116 valence electrons. The molecular weight excluding hydrogens is 268 g/mol. The van der Waals surface area contributed by atoms with Gasteiger partial charge in [-0.05, 0) is 32.8 Å². The zero-order valence-corrected chi connectivity index (χ0v) is 13.2. The third-order valence-corrected chi connectivity index (χ3v) is 4.70. The van der Waals surface area contributed by atoms with Gasteiger partial charge in [-0.3, -0.25) is 14.3 Å². The van der Waals surface area contributed by atoms with Crippen LogP contribution in [0.5, 0.6) is 0 Å². The van der Waals surface area contributed by atoms with E-state index in [0.29, 0.717) is 25.9 Å². The van der Waals surface area contributed by atoms with Crippen molar-refractivity contribution in [2.45, 2.75) is 58.2 Å². The molecule has 6 heteroatoms. The number of carbonyl (C=O) groups excluding carboxylic acids is 2. The molecule has 2 atom stereocenters. The molecule has 0 spiro atoms. The van der Waals surface area contributed by atoms with Crippen molar-refractivity contribution in [3.63, 3.8) is 0 Å². The van der Waals surface area contributed by atoms with Gasteiger partial charge in [0.05, 0.1) is 6.54 Å². The van der Waals surface area contributed by atoms with E-state index >= 15 is 0 Å². The monoisotopic (exact) mass is 292 g/mol. The molecule has 2 rings (SSSR count). The summed E-state index contributed by atoms with van der Waals surface area (Å²) in [4.78, 5) is 27.1. The molecule has 0 radical (unpaired) electrons. The van der Waals surface area contributed by atoms with Gasteiger partial charge < -0.3 is 10.2 Å². The molecule has 1 saturated heterocycles. The van der Waals surface area contributed by atoms with Gasteiger partial charge in [0.25, 0.3) is 0 Å². The van der Waals surface area contributed by atoms with Crippen molar-refractivity contribution in [3.8, 4) is 0 Å². The van der Waals surface area contributed by atoms with Gasteiger partial charge in [-0.2, -0.15) is 5.10 Å². The third kappa shape index (κ3) is 2.54. The van der Waals surface area contributed by atoms with E-state index in [1.165, 1.54) is 0 Å². The predicted molar refractivity (Wildman–Crippen MR) is 79.5 cm³/mol. The minimum absolute atomic E-state index is 0.0129. The van der Waals surface area contributed by atoms with E-state index in [1.807, 2.05) is 33.0 Å². The normalized spacial score (nSPS) is 29.6. The van der Waals surface area contributed by atoms with E-state index < -0.39 is 11.1 Å². The third-order valence-electron chi connectivity index (χ3n) is 4.70. The summed E-state index contributed by atoms with van der Waals surface area (Å²) in [7, 11) is 0. The zero-order valence-electron chi connectivity index (χ0n) is 13.2. The summed E-state index contributed by atoms with van der Waals surface area (Å²) in [6.07, 6.45) is 4.73. The Morgan fingerprint density at radius 1 is 1.19 bits per heavy atom. The standard InChI is InChI=1S/C15H24N4O2/c1-5-14(3)13(21)19(11-10-18-9-7-8-16-18)15(4,6-2)12(20)17-14/h7-9H,5-6,10-11H2,1-4H3,(H,17,20). The van der Waals surface area contributed by atoms with Crippen LogP contribution in [0.25, 0.3) is 0 Å². The Hall–Kier alpha value is -1.85. The van der Waals surface area contributed by atoms with E-state index in [1.54, 1.807) is 22.7 Å². The van der Waals surface area contributed by atoms with Crippen LogP contribution in [0.4, 0.5) is 0 Å². The number of nitrogens with zero attached hydrogens (tertiary/aromatic N) is 3. The van der Waals surface area contributed by atoms with Crippen LogP contribution in [0.3, 0.4) is 0 Å². The molecule has 21 heavy (non-hydrogen) atoms. The van der Waals surface area contributed by atoms with Gasteiger partial charge in [-0.25, -0.2) is 0 Å². The summed E-state index contributed by atoms with van der Waals surface area (Å²) < 4.78 is 1.78. The minimum Gasteiger partial charge on any atom is -0.340 e. The molecular formula is C15H24N4O2. The first-order chi connectivity index (χ1) is 9.87. The van der Waals surface area contributed by atoms with Gasteiger partial charge in [0.1, 0.15) is 11.1 Å². The fourth-order valence-electron chi connectivity index (χ4n) is 2.66. The molecule has 0 aromatic carbocycles. The Kier molecular flexibility index (Phi) is 4.07. The van der Waals surface area contributed by atoms with Gasteiger partial charge in [0, 0.05) is 18.9 Å². The molecule has 0 bridgehead atoms. The maximum absolute atomic E-state index is 12.8. The minimum atomic E-state index is -0.810. The Balaban J connectivity index is 2.26. The van der Waals surface area contributed by atoms with Gasteiger partial charge >= 0.3 is 0 Å². The van der Waals surface area contributed by atoms with Crippen LogP contribution in [0.2, 0.25) is 0 Å². The lowest BCUT2D eigenvalue weighted by Gasteiger charge is -2.49. The number of rotatable bonds is 5. The summed E-state index contributed by atoms with van der Waals surface area (Å²) in [6.45, 7) is 8.54. The second-order valence-electron chi connectivity index (χ2n) is 5.99. The van der Waals surface area contributed by atoms with E-state index in [2.05, 4.69) is 10.4 Å². The molecule has 1 aliphatic rings. The van der Waals surface area contributed by atoms with Crippen molar-refractivity contribution < 1.29 is 9.59 Å². The molecule has 2 amide bonds. The topological polar surface area (TPSA) is 67.2 Å². The number of carbonyl (C=O) groups is 2. The van der Waals surface area contributed by atoms with Crippen molar-refractivity contribution >= 4 is 11.8 Å². The highest BCUT2D eigenvalue weighted by atomic mass is 16.2. The molecule has 6 nitrogen and oxygen atoms in total. The Bertz CT molecular complexity index is 528. The largest absolute Gasteiger partial charge is 0.340 e. The predicted octanol–water partition coefficient (Wildman–Crippen LogP) is 1.18. The van der Waals surface area contributed by atoms with Gasteiger partial charge in [0.2, 0.25) is 11.8 Å². The highest BCUT2D eigenvalue weighted by molar-refractivity contribution is 6.01. The number of hydrogen-bond donors (Lipinski definition) is 1. The molecule has 1 aromatic rings. The first-order valence-corrected chi connectivity index (χ1v) is 7.49. The van der Waals surface area contributed by atoms with Crippen molar-refractivity contribution in [1.82, 2.24) is 20.0 Å². The van der Waals surface area contributed by atoms with Crippen LogP contribution in [-0.4, -0.2) is 44.1 Å². The summed E-state index contributed by atoms with van der Waals surface area (Å²) in [5, 5.41) is 7.06. The number of piperazine rings is 1. The van der Waals surface area contributed by atoms with Crippen molar-refractivity contribution in [3.05, 3.63) is 18.5 Å². The molecule has 2 heterocycles. The number of hydrogen-bond acceptors (Lipinski definition) is 3. The summed E-state index contributed by atoms with van der Waals surface area (Å²) in [5.41, 5.74) is -1.60. The van der Waals surface area contributed by atoms with Gasteiger partial charge in [0.15, 0.2) is 0 Å². The molecule has 1 aromatic heterocycles. The zero-order chi connectivity index (χ0) is 15.7. The first kappa shape index (κ1) is 15.5. The van der Waals surface area contributed by atoms with Crippen LogP contribution in [0.15, 0.2) is 18.5 Å². The lowest BCUT2D eigenvalue weighted by Crippen LogP contribution is -2.74. The summed E-state index contributed by atoms with van der Waals surface area (Å²) in [6, 6.07) is 1.85. The van der Waals surface area contributed by atoms with Gasteiger partial charge in [-0.1, -0.05) is 13.8 Å². The second-order valence-corrected chi connectivity index (χ2v) is 5.99. The highest BCUT2D eigenvalue weighted by Crippen LogP contribution is 2.30. The van der Waals surface area contributed by atoms with E-state index in [0.717, 1.165) is 0 Å². The molecule has 1 N–H and O–H groups in total. The van der Waals surface area contributed by atoms with Crippen molar-refractivity contribution in [1.29, 1.82) is 0 Å². The summed E-state index contributed by atoms with van der Waals surface area (Å²) >= 11 is 0. The molecule has 1 fully saturated rings. The van der Waals surface area contributed by atoms with Crippen LogP contribution in [0, 0.1) is 0 Å². The number of nitrogens with one attached hydrogen (secondary N) is 1. The van der Waals surface area contributed by atoms with Crippen LogP contribution in [-0.2, 0) is 16.1 Å². The lowest BCUT2D eigenvalue weighted by atomic mass is 9.84. The van der Waals surface area contributed by atoms with E-state index in [9.17, 15) is 9.59 Å². The fraction of sp³-hybridized carbons (Fsp3) is 0.667. The maximum atomic E-state index is 12.8. The summed E-state index contributed by atoms with van der Waals surface area (Å²) in [5.74, 6) is -0.0875. The fourth-order valence-corrected chi connectivity index (χ4v) is 2.66. The quantitative estimate of drug-likeness (QED) is 0.886. The van der Waals surface area contributed by atoms with Gasteiger partial charge in [-0.15, -0.1) is 0 Å². The molecule has 1 aliphatic heterocycles. The van der Waals surface area contributed by atoms with Crippen molar-refractivity contribution in [2.75, 3.05) is 6.54 Å². The maximum Gasteiger partial charge on any atom is 0.248 e. The molecule has 0 saturated carbocycles. The Morgan fingerprint density at radius 2 is 1.90 bits per heavy atom. The smallest absolute Gasteiger partial charge is 0.248 e.